The van der Waals surface area contributed by atoms with Gasteiger partial charge in [0.2, 0.25) is 0 Å². The minimum Gasteiger partial charge on any atom is -0.444 e. The second-order valence-electron chi connectivity index (χ2n) is 12.0. The number of nitrogens with two attached hydrogens (primary N) is 1. The summed E-state index contributed by atoms with van der Waals surface area (Å²) in [5.74, 6) is 1.65. The third-order valence-corrected chi connectivity index (χ3v) is 7.39. The van der Waals surface area contributed by atoms with Crippen LogP contribution in [-0.4, -0.2) is 64.6 Å². The summed E-state index contributed by atoms with van der Waals surface area (Å²) in [5, 5.41) is 9.97. The Labute approximate surface area is 232 Å². The Morgan fingerprint density at radius 3 is 2.40 bits per heavy atom. The lowest BCUT2D eigenvalue weighted by Gasteiger charge is -2.33. The highest BCUT2D eigenvalue weighted by Crippen LogP contribution is 2.48. The normalized spacial score (nSPS) is 16.7. The van der Waals surface area contributed by atoms with Crippen LogP contribution in [0.15, 0.2) is 23.2 Å². The van der Waals surface area contributed by atoms with Crippen LogP contribution in [-0.2, 0) is 4.74 Å². The van der Waals surface area contributed by atoms with E-state index in [2.05, 4.69) is 15.1 Å². The quantitative estimate of drug-likeness (QED) is 0.359. The first-order valence-corrected chi connectivity index (χ1v) is 13.9. The van der Waals surface area contributed by atoms with Crippen LogP contribution in [0, 0.1) is 0 Å². The van der Waals surface area contributed by atoms with Crippen molar-refractivity contribution in [2.75, 3.05) is 18.8 Å². The van der Waals surface area contributed by atoms with E-state index < -0.39 is 5.60 Å². The minimum absolute atomic E-state index is 0.0598. The van der Waals surface area contributed by atoms with E-state index in [0.29, 0.717) is 52.9 Å². The molecular formula is C28H35N9O3. The molecule has 1 aliphatic carbocycles. The Morgan fingerprint density at radius 2 is 1.77 bits per heavy atom. The van der Waals surface area contributed by atoms with Gasteiger partial charge in [-0.25, -0.2) is 19.4 Å². The molecule has 4 aromatic heterocycles. The van der Waals surface area contributed by atoms with Crippen LogP contribution in [0.2, 0.25) is 0 Å². The number of rotatable bonds is 5. The summed E-state index contributed by atoms with van der Waals surface area (Å²) in [6.07, 6.45) is 8.49. The van der Waals surface area contributed by atoms with Gasteiger partial charge >= 0.3 is 6.09 Å². The summed E-state index contributed by atoms with van der Waals surface area (Å²) in [5.41, 5.74) is 9.98. The zero-order valence-corrected chi connectivity index (χ0v) is 23.6. The van der Waals surface area contributed by atoms with Gasteiger partial charge in [0.05, 0.1) is 28.5 Å². The first-order chi connectivity index (χ1) is 19.1. The zero-order chi connectivity index (χ0) is 28.2. The topological polar surface area (TPSA) is 151 Å². The second-order valence-corrected chi connectivity index (χ2v) is 12.0. The molecule has 0 aromatic carbocycles. The number of likely N-dealkylation sites (tertiary alicyclic amines) is 1. The maximum Gasteiger partial charge on any atom is 0.410 e. The molecule has 0 spiro atoms. The summed E-state index contributed by atoms with van der Waals surface area (Å²) in [7, 11) is 0. The lowest BCUT2D eigenvalue weighted by atomic mass is 9.94. The maximum atomic E-state index is 12.5. The van der Waals surface area contributed by atoms with Crippen LogP contribution in [0.5, 0.6) is 0 Å². The highest BCUT2D eigenvalue weighted by molar-refractivity contribution is 6.00. The van der Waals surface area contributed by atoms with Crippen LogP contribution in [0.4, 0.5) is 10.6 Å². The van der Waals surface area contributed by atoms with Gasteiger partial charge in [0.15, 0.2) is 5.65 Å². The molecule has 6 rings (SSSR count). The molecule has 5 heterocycles. The van der Waals surface area contributed by atoms with Gasteiger partial charge in [-0.15, -0.1) is 0 Å². The van der Waals surface area contributed by atoms with Gasteiger partial charge < -0.3 is 19.9 Å². The summed E-state index contributed by atoms with van der Waals surface area (Å²) in [6.45, 7) is 11.0. The predicted molar refractivity (Wildman–Crippen MR) is 148 cm³/mol. The van der Waals surface area contributed by atoms with Crippen LogP contribution >= 0.6 is 0 Å². The van der Waals surface area contributed by atoms with Crippen molar-refractivity contribution in [2.24, 2.45) is 0 Å². The fraction of sp³-hybridized carbons (Fsp3) is 0.536. The van der Waals surface area contributed by atoms with Crippen LogP contribution in [0.25, 0.3) is 33.7 Å². The van der Waals surface area contributed by atoms with E-state index in [1.807, 2.05) is 45.5 Å². The van der Waals surface area contributed by atoms with Gasteiger partial charge in [-0.1, -0.05) is 5.16 Å². The molecule has 4 aromatic rings. The van der Waals surface area contributed by atoms with E-state index in [4.69, 9.17) is 30.1 Å². The highest BCUT2D eigenvalue weighted by Gasteiger charge is 2.36. The van der Waals surface area contributed by atoms with E-state index in [1.54, 1.807) is 11.1 Å². The number of hydrogen-bond acceptors (Lipinski definition) is 10. The van der Waals surface area contributed by atoms with Gasteiger partial charge in [0.25, 0.3) is 0 Å². The number of aromatic nitrogens is 7. The molecule has 12 heteroatoms. The maximum absolute atomic E-state index is 12.5. The third kappa shape index (κ3) is 4.86. The molecule has 0 bridgehead atoms. The molecule has 2 aliphatic rings. The molecule has 1 saturated carbocycles. The number of nitrogens with zero attached hydrogens (tertiary/aromatic N) is 8. The number of fused-ring (bicyclic) bond motifs is 1. The monoisotopic (exact) mass is 545 g/mol. The molecule has 1 amide bonds. The lowest BCUT2D eigenvalue weighted by molar-refractivity contribution is 0.0204. The number of anilines is 1. The number of amides is 1. The molecule has 0 unspecified atom stereocenters. The average molecular weight is 546 g/mol. The van der Waals surface area contributed by atoms with Crippen molar-refractivity contribution in [3.05, 3.63) is 30.2 Å². The largest absolute Gasteiger partial charge is 0.444 e. The number of ether oxygens (including phenoxy) is 1. The summed E-state index contributed by atoms with van der Waals surface area (Å²) in [6, 6.07) is 0.0598. The van der Waals surface area contributed by atoms with E-state index in [-0.39, 0.29) is 18.1 Å². The minimum atomic E-state index is -0.507. The fourth-order valence-electron chi connectivity index (χ4n) is 5.22. The van der Waals surface area contributed by atoms with E-state index in [1.165, 1.54) is 6.33 Å². The van der Waals surface area contributed by atoms with Gasteiger partial charge in [-0.2, -0.15) is 5.10 Å². The van der Waals surface area contributed by atoms with Gasteiger partial charge in [-0.3, -0.25) is 9.97 Å². The fourth-order valence-corrected chi connectivity index (χ4v) is 5.22. The summed E-state index contributed by atoms with van der Waals surface area (Å²) >= 11 is 0. The number of carbonyl (C=O) groups is 1. The first-order valence-electron chi connectivity index (χ1n) is 13.9. The Hall–Kier alpha value is -4.09. The smallest absolute Gasteiger partial charge is 0.410 e. The van der Waals surface area contributed by atoms with E-state index in [9.17, 15) is 4.79 Å². The van der Waals surface area contributed by atoms with Crippen molar-refractivity contribution >= 4 is 22.9 Å². The molecule has 1 saturated heterocycles. The zero-order valence-electron chi connectivity index (χ0n) is 23.6. The number of piperidine rings is 1. The molecule has 40 heavy (non-hydrogen) atoms. The summed E-state index contributed by atoms with van der Waals surface area (Å²) in [4.78, 5) is 32.5. The Balaban J connectivity index is 1.30. The first kappa shape index (κ1) is 26.1. The van der Waals surface area contributed by atoms with Gasteiger partial charge in [0, 0.05) is 37.2 Å². The van der Waals surface area contributed by atoms with Crippen molar-refractivity contribution in [3.63, 3.8) is 0 Å². The Morgan fingerprint density at radius 1 is 1.02 bits per heavy atom. The molecule has 210 valence electrons. The van der Waals surface area contributed by atoms with Gasteiger partial charge in [0.1, 0.15) is 34.9 Å². The summed E-state index contributed by atoms with van der Waals surface area (Å²) < 4.78 is 13.3. The standard InChI is InChI=1S/C28H35N9O3/c1-15(2)37-26-21(25(29)32-14-33-26)22(34-37)23-20(24(40-35-23)17-6-7-17)19-13-30-18(12-31-19)16-8-10-36(11-9-16)27(38)39-28(3,4)5/h12-17H,6-11H2,1-5H3,(H2,29,32,33). The Bertz CT molecular complexity index is 1540. The van der Waals surface area contributed by atoms with Crippen LogP contribution in [0.1, 0.15) is 89.6 Å². The van der Waals surface area contributed by atoms with Crippen molar-refractivity contribution in [3.8, 4) is 22.6 Å². The van der Waals surface area contributed by atoms with Gasteiger partial charge in [-0.05, 0) is 60.3 Å². The highest BCUT2D eigenvalue weighted by atomic mass is 16.6. The molecule has 2 N–H and O–H groups in total. The van der Waals surface area contributed by atoms with Crippen LogP contribution in [0.3, 0.4) is 0 Å². The predicted octanol–water partition coefficient (Wildman–Crippen LogP) is 5.09. The molecule has 0 atom stereocenters. The van der Waals surface area contributed by atoms with Crippen molar-refractivity contribution < 1.29 is 14.1 Å². The van der Waals surface area contributed by atoms with E-state index in [0.717, 1.165) is 42.7 Å². The Kier molecular flexibility index (Phi) is 6.42. The molecule has 2 fully saturated rings. The number of nitrogen functional groups attached to an aromatic ring is 1. The average Bonchev–Trinajstić information content (AvgIpc) is 3.54. The number of hydrogen-bond donors (Lipinski definition) is 1. The molecule has 12 nitrogen and oxygen atoms in total. The lowest BCUT2D eigenvalue weighted by Crippen LogP contribution is -2.41. The molecule has 0 radical (unpaired) electrons. The molecular weight excluding hydrogens is 510 g/mol. The number of carbonyl (C=O) groups excluding carboxylic acids is 1. The van der Waals surface area contributed by atoms with Crippen molar-refractivity contribution in [2.45, 2.75) is 83.8 Å². The second kappa shape index (κ2) is 9.83. The SMILES string of the molecule is CC(C)n1nc(-c2noc(C3CC3)c2-c2cnc(C3CCN(C(=O)OC(C)(C)C)CC3)cn2)c2c(N)ncnc21. The molecule has 1 aliphatic heterocycles. The van der Waals surface area contributed by atoms with E-state index >= 15 is 0 Å². The third-order valence-electron chi connectivity index (χ3n) is 7.39. The van der Waals surface area contributed by atoms with Crippen LogP contribution < -0.4 is 5.73 Å². The van der Waals surface area contributed by atoms with Crippen molar-refractivity contribution in [1.82, 2.24) is 39.8 Å². The van der Waals surface area contributed by atoms with Crippen molar-refractivity contribution in [1.29, 1.82) is 0 Å².